The minimum atomic E-state index is 0.388. The van der Waals surface area contributed by atoms with E-state index in [0.717, 1.165) is 0 Å². The van der Waals surface area contributed by atoms with Crippen molar-refractivity contribution in [3.63, 3.8) is 0 Å². The number of nitrogens with two attached hydrogens (primary N) is 2. The number of hydrogen-bond donors (Lipinski definition) is 3. The molecule has 0 aromatic rings. The Kier molecular flexibility index (Phi) is 2.54. The number of nitrogens with one attached hydrogen (secondary N) is 1. The zero-order valence-corrected chi connectivity index (χ0v) is 4.94. The minimum Gasteiger partial charge on any atom is -0.397 e. The Labute approximate surface area is 49.0 Å². The quantitative estimate of drug-likeness (QED) is 0.422. The SMILES string of the molecule is C=C(N)/C(N)=C/NC. The standard InChI is InChI=1S/C5H11N3/c1-4(6)5(7)3-8-2/h3,8H,1,6-7H2,2H3/b5-3-. The molecule has 0 fully saturated rings. The van der Waals surface area contributed by atoms with Crippen LogP contribution in [0.5, 0.6) is 0 Å². The molecule has 8 heavy (non-hydrogen) atoms. The first-order valence-electron chi connectivity index (χ1n) is 2.26. The van der Waals surface area contributed by atoms with Gasteiger partial charge in [-0.1, -0.05) is 6.58 Å². The Morgan fingerprint density at radius 1 is 1.62 bits per heavy atom. The van der Waals surface area contributed by atoms with Crippen molar-refractivity contribution in [1.82, 2.24) is 5.32 Å². The Morgan fingerprint density at radius 3 is 2.25 bits per heavy atom. The molecule has 0 spiro atoms. The van der Waals surface area contributed by atoms with Crippen molar-refractivity contribution in [1.29, 1.82) is 0 Å². The molecular formula is C5H11N3. The monoisotopic (exact) mass is 113 g/mol. The normalized spacial score (nSPS) is 10.9. The summed E-state index contributed by atoms with van der Waals surface area (Å²) in [6.07, 6.45) is 1.59. The second-order valence-electron chi connectivity index (χ2n) is 1.41. The van der Waals surface area contributed by atoms with E-state index >= 15 is 0 Å². The fraction of sp³-hybridized carbons (Fsp3) is 0.200. The van der Waals surface area contributed by atoms with E-state index in [1.165, 1.54) is 0 Å². The molecule has 0 aliphatic carbocycles. The molecule has 3 heteroatoms. The van der Waals surface area contributed by atoms with Gasteiger partial charge in [0.15, 0.2) is 0 Å². The summed E-state index contributed by atoms with van der Waals surface area (Å²) in [5, 5.41) is 2.72. The van der Waals surface area contributed by atoms with Crippen LogP contribution in [0.4, 0.5) is 0 Å². The Bertz CT molecular complexity index is 115. The maximum Gasteiger partial charge on any atom is 0.0700 e. The molecule has 0 saturated carbocycles. The van der Waals surface area contributed by atoms with Crippen LogP contribution in [0.2, 0.25) is 0 Å². The van der Waals surface area contributed by atoms with Gasteiger partial charge in [0.05, 0.1) is 5.70 Å². The Morgan fingerprint density at radius 2 is 2.12 bits per heavy atom. The molecule has 0 rings (SSSR count). The molecule has 0 atom stereocenters. The second-order valence-corrected chi connectivity index (χ2v) is 1.41. The first-order chi connectivity index (χ1) is 3.68. The summed E-state index contributed by atoms with van der Waals surface area (Å²) in [5.74, 6) is 0. The summed E-state index contributed by atoms with van der Waals surface area (Å²) in [7, 11) is 1.75. The van der Waals surface area contributed by atoms with Gasteiger partial charge in [0.1, 0.15) is 0 Å². The lowest BCUT2D eigenvalue weighted by Gasteiger charge is -1.96. The van der Waals surface area contributed by atoms with Crippen LogP contribution in [-0.4, -0.2) is 7.05 Å². The molecule has 0 bridgehead atoms. The highest BCUT2D eigenvalue weighted by Crippen LogP contribution is 1.86. The smallest absolute Gasteiger partial charge is 0.0700 e. The molecule has 0 amide bonds. The highest BCUT2D eigenvalue weighted by molar-refractivity contribution is 5.20. The Hall–Kier alpha value is -1.12. The maximum atomic E-state index is 5.30. The molecule has 0 aromatic heterocycles. The van der Waals surface area contributed by atoms with Crippen molar-refractivity contribution < 1.29 is 0 Å². The molecule has 46 valence electrons. The third-order valence-corrected chi connectivity index (χ3v) is 0.671. The fourth-order valence-electron chi connectivity index (χ4n) is 0.248. The third kappa shape index (κ3) is 2.12. The molecular weight excluding hydrogens is 102 g/mol. The summed E-state index contributed by atoms with van der Waals surface area (Å²) in [6.45, 7) is 3.42. The van der Waals surface area contributed by atoms with Gasteiger partial charge in [-0.05, 0) is 0 Å². The van der Waals surface area contributed by atoms with Crippen LogP contribution in [0.1, 0.15) is 0 Å². The van der Waals surface area contributed by atoms with E-state index in [2.05, 4.69) is 11.9 Å². The van der Waals surface area contributed by atoms with Crippen LogP contribution in [0, 0.1) is 0 Å². The molecule has 0 saturated heterocycles. The predicted molar refractivity (Wildman–Crippen MR) is 34.7 cm³/mol. The second kappa shape index (κ2) is 2.96. The van der Waals surface area contributed by atoms with Crippen LogP contribution in [0.3, 0.4) is 0 Å². The average molecular weight is 113 g/mol. The van der Waals surface area contributed by atoms with Gasteiger partial charge in [-0.2, -0.15) is 0 Å². The first-order valence-corrected chi connectivity index (χ1v) is 2.26. The van der Waals surface area contributed by atoms with Gasteiger partial charge in [0.2, 0.25) is 0 Å². The van der Waals surface area contributed by atoms with Crippen molar-refractivity contribution in [2.24, 2.45) is 11.5 Å². The summed E-state index contributed by atoms with van der Waals surface area (Å²) >= 11 is 0. The number of rotatable bonds is 2. The fourth-order valence-corrected chi connectivity index (χ4v) is 0.248. The van der Waals surface area contributed by atoms with Gasteiger partial charge in [-0.3, -0.25) is 0 Å². The van der Waals surface area contributed by atoms with Crippen LogP contribution in [0.15, 0.2) is 24.2 Å². The van der Waals surface area contributed by atoms with Crippen molar-refractivity contribution >= 4 is 0 Å². The van der Waals surface area contributed by atoms with Gasteiger partial charge in [-0.15, -0.1) is 0 Å². The molecule has 0 unspecified atom stereocenters. The van der Waals surface area contributed by atoms with Crippen LogP contribution in [0.25, 0.3) is 0 Å². The molecule has 0 aromatic carbocycles. The topological polar surface area (TPSA) is 64.1 Å². The van der Waals surface area contributed by atoms with Gasteiger partial charge in [0, 0.05) is 18.9 Å². The maximum absolute atomic E-state index is 5.30. The van der Waals surface area contributed by atoms with Crippen molar-refractivity contribution in [3.8, 4) is 0 Å². The lowest BCUT2D eigenvalue weighted by molar-refractivity contribution is 1.06. The van der Waals surface area contributed by atoms with Gasteiger partial charge >= 0.3 is 0 Å². The van der Waals surface area contributed by atoms with Gasteiger partial charge in [-0.25, -0.2) is 0 Å². The van der Waals surface area contributed by atoms with E-state index in [4.69, 9.17) is 11.5 Å². The van der Waals surface area contributed by atoms with Crippen molar-refractivity contribution in [2.45, 2.75) is 0 Å². The molecule has 5 N–H and O–H groups in total. The summed E-state index contributed by atoms with van der Waals surface area (Å²) in [4.78, 5) is 0. The summed E-state index contributed by atoms with van der Waals surface area (Å²) in [5.41, 5.74) is 11.4. The lowest BCUT2D eigenvalue weighted by atomic mass is 10.4. The van der Waals surface area contributed by atoms with E-state index in [-0.39, 0.29) is 0 Å². The first kappa shape index (κ1) is 6.88. The molecule has 0 radical (unpaired) electrons. The highest BCUT2D eigenvalue weighted by atomic mass is 14.8. The zero-order chi connectivity index (χ0) is 6.57. The van der Waals surface area contributed by atoms with E-state index in [1.807, 2.05) is 0 Å². The van der Waals surface area contributed by atoms with E-state index < -0.39 is 0 Å². The van der Waals surface area contributed by atoms with Crippen LogP contribution >= 0.6 is 0 Å². The molecule has 0 aliphatic heterocycles. The third-order valence-electron chi connectivity index (χ3n) is 0.671. The summed E-state index contributed by atoms with van der Waals surface area (Å²) in [6, 6.07) is 0. The summed E-state index contributed by atoms with van der Waals surface area (Å²) < 4.78 is 0. The van der Waals surface area contributed by atoms with Gasteiger partial charge < -0.3 is 16.8 Å². The minimum absolute atomic E-state index is 0.388. The lowest BCUT2D eigenvalue weighted by Crippen LogP contribution is -2.11. The largest absolute Gasteiger partial charge is 0.397 e. The van der Waals surface area contributed by atoms with Crippen molar-refractivity contribution in [2.75, 3.05) is 7.05 Å². The van der Waals surface area contributed by atoms with Crippen LogP contribution < -0.4 is 16.8 Å². The van der Waals surface area contributed by atoms with E-state index in [0.29, 0.717) is 11.4 Å². The van der Waals surface area contributed by atoms with Crippen molar-refractivity contribution in [3.05, 3.63) is 24.2 Å². The van der Waals surface area contributed by atoms with Crippen LogP contribution in [-0.2, 0) is 0 Å². The molecule has 3 nitrogen and oxygen atoms in total. The Balaban J connectivity index is 3.80. The van der Waals surface area contributed by atoms with E-state index in [9.17, 15) is 0 Å². The predicted octanol–water partition coefficient (Wildman–Crippen LogP) is -0.522. The molecule has 0 aliphatic rings. The highest BCUT2D eigenvalue weighted by Gasteiger charge is 1.85. The average Bonchev–Trinajstić information content (AvgIpc) is 1.67. The zero-order valence-electron chi connectivity index (χ0n) is 4.94. The van der Waals surface area contributed by atoms with E-state index in [1.54, 1.807) is 13.2 Å². The van der Waals surface area contributed by atoms with Gasteiger partial charge in [0.25, 0.3) is 0 Å². The molecule has 0 heterocycles. The number of hydrogen-bond acceptors (Lipinski definition) is 3.